The fourth-order valence-corrected chi connectivity index (χ4v) is 3.47. The van der Waals surface area contributed by atoms with E-state index in [-0.39, 0.29) is 23.2 Å². The number of methoxy groups -OCH3 is 1. The molecule has 2 heterocycles. The maximum atomic E-state index is 12.1. The molecule has 1 N–H and O–H groups in total. The molecule has 0 aromatic heterocycles. The van der Waals surface area contributed by atoms with Crippen molar-refractivity contribution in [3.05, 3.63) is 23.8 Å². The number of carbonyl (C=O) groups is 1. The summed E-state index contributed by atoms with van der Waals surface area (Å²) in [6.07, 6.45) is 0.962. The van der Waals surface area contributed by atoms with Crippen LogP contribution in [0.15, 0.2) is 18.2 Å². The molecule has 1 aromatic carbocycles. The number of carbonyl (C=O) groups excluding carboxylic acids is 1. The fourth-order valence-electron chi connectivity index (χ4n) is 3.47. The van der Waals surface area contributed by atoms with Gasteiger partial charge in [0.05, 0.1) is 20.3 Å². The molecule has 0 amide bonds. The van der Waals surface area contributed by atoms with Crippen LogP contribution in [-0.2, 0) is 9.53 Å². The van der Waals surface area contributed by atoms with E-state index in [4.69, 9.17) is 14.2 Å². The molecule has 3 rings (SSSR count). The lowest BCUT2D eigenvalue weighted by atomic mass is 9.73. The highest BCUT2D eigenvalue weighted by atomic mass is 16.6. The van der Waals surface area contributed by atoms with Gasteiger partial charge in [-0.15, -0.1) is 0 Å². The molecular formula is C18H25NO4. The standard InChI is InChI=1S/C18H25NO4/c1-12(20)18(2)11-19-9-15(18)13-4-5-16(21-3)17(8-13)23-14-6-7-22-10-14/h4-5,8,14-15,19H,6-7,9-11H2,1-3H3. The van der Waals surface area contributed by atoms with Gasteiger partial charge in [-0.05, 0) is 24.6 Å². The summed E-state index contributed by atoms with van der Waals surface area (Å²) in [5.41, 5.74) is 0.741. The number of ether oxygens (including phenoxy) is 3. The van der Waals surface area contributed by atoms with Crippen molar-refractivity contribution in [3.63, 3.8) is 0 Å². The van der Waals surface area contributed by atoms with E-state index in [0.29, 0.717) is 13.2 Å². The van der Waals surface area contributed by atoms with Gasteiger partial charge in [0, 0.05) is 30.8 Å². The molecule has 0 radical (unpaired) electrons. The van der Waals surface area contributed by atoms with E-state index in [0.717, 1.165) is 36.6 Å². The highest BCUT2D eigenvalue weighted by Gasteiger charge is 2.43. The van der Waals surface area contributed by atoms with Crippen LogP contribution in [0.1, 0.15) is 31.7 Å². The van der Waals surface area contributed by atoms with Gasteiger partial charge in [0.15, 0.2) is 11.5 Å². The van der Waals surface area contributed by atoms with Gasteiger partial charge in [0.1, 0.15) is 11.9 Å². The van der Waals surface area contributed by atoms with Crippen LogP contribution in [-0.4, -0.2) is 45.3 Å². The summed E-state index contributed by atoms with van der Waals surface area (Å²) in [6.45, 7) is 6.58. The van der Waals surface area contributed by atoms with Crippen molar-refractivity contribution in [3.8, 4) is 11.5 Å². The highest BCUT2D eigenvalue weighted by Crippen LogP contribution is 2.42. The third kappa shape index (κ3) is 3.08. The van der Waals surface area contributed by atoms with Crippen LogP contribution in [0, 0.1) is 5.41 Å². The van der Waals surface area contributed by atoms with Gasteiger partial charge in [-0.3, -0.25) is 4.79 Å². The number of benzene rings is 1. The summed E-state index contributed by atoms with van der Waals surface area (Å²) in [7, 11) is 1.64. The molecule has 2 saturated heterocycles. The summed E-state index contributed by atoms with van der Waals surface area (Å²) in [4.78, 5) is 12.1. The van der Waals surface area contributed by atoms with E-state index in [2.05, 4.69) is 5.32 Å². The Balaban J connectivity index is 1.89. The van der Waals surface area contributed by atoms with E-state index in [9.17, 15) is 4.79 Å². The monoisotopic (exact) mass is 319 g/mol. The number of ketones is 1. The highest BCUT2D eigenvalue weighted by molar-refractivity contribution is 5.84. The third-order valence-corrected chi connectivity index (χ3v) is 5.19. The molecule has 2 fully saturated rings. The molecule has 23 heavy (non-hydrogen) atoms. The van der Waals surface area contributed by atoms with Crippen molar-refractivity contribution >= 4 is 5.78 Å². The van der Waals surface area contributed by atoms with Crippen LogP contribution in [0.5, 0.6) is 11.5 Å². The van der Waals surface area contributed by atoms with E-state index in [1.165, 1.54) is 0 Å². The Labute approximate surface area is 137 Å². The molecule has 0 aliphatic carbocycles. The van der Waals surface area contributed by atoms with Crippen molar-refractivity contribution in [2.45, 2.75) is 32.3 Å². The third-order valence-electron chi connectivity index (χ3n) is 5.19. The second-order valence-electron chi connectivity index (χ2n) is 6.67. The lowest BCUT2D eigenvalue weighted by Gasteiger charge is -2.28. The summed E-state index contributed by atoms with van der Waals surface area (Å²) in [5.74, 6) is 1.82. The Morgan fingerprint density at radius 1 is 1.39 bits per heavy atom. The van der Waals surface area contributed by atoms with E-state index in [1.54, 1.807) is 14.0 Å². The molecule has 5 heteroatoms. The minimum absolute atomic E-state index is 0.0695. The first-order chi connectivity index (χ1) is 11.0. The Bertz CT molecular complexity index is 582. The Hall–Kier alpha value is -1.59. The molecule has 1 aromatic rings. The molecule has 126 valence electrons. The minimum atomic E-state index is -0.373. The van der Waals surface area contributed by atoms with Gasteiger partial charge in [-0.25, -0.2) is 0 Å². The van der Waals surface area contributed by atoms with Crippen molar-refractivity contribution in [1.29, 1.82) is 0 Å². The maximum absolute atomic E-state index is 12.1. The molecule has 2 aliphatic rings. The van der Waals surface area contributed by atoms with Crippen LogP contribution in [0.25, 0.3) is 0 Å². The molecule has 5 nitrogen and oxygen atoms in total. The first-order valence-corrected chi connectivity index (χ1v) is 8.18. The average molecular weight is 319 g/mol. The summed E-state index contributed by atoms with van der Waals surface area (Å²) in [6, 6.07) is 5.99. The topological polar surface area (TPSA) is 56.8 Å². The minimum Gasteiger partial charge on any atom is -0.493 e. The van der Waals surface area contributed by atoms with Crippen molar-refractivity contribution < 1.29 is 19.0 Å². The van der Waals surface area contributed by atoms with Crippen LogP contribution in [0.4, 0.5) is 0 Å². The summed E-state index contributed by atoms with van der Waals surface area (Å²) >= 11 is 0. The molecule has 3 atom stereocenters. The van der Waals surface area contributed by atoms with Crippen LogP contribution < -0.4 is 14.8 Å². The van der Waals surface area contributed by atoms with Gasteiger partial charge < -0.3 is 19.5 Å². The lowest BCUT2D eigenvalue weighted by Crippen LogP contribution is -2.32. The molecule has 3 unspecified atom stereocenters. The van der Waals surface area contributed by atoms with Gasteiger partial charge >= 0.3 is 0 Å². The molecule has 0 spiro atoms. The molecule has 0 saturated carbocycles. The van der Waals surface area contributed by atoms with E-state index < -0.39 is 0 Å². The van der Waals surface area contributed by atoms with Crippen LogP contribution >= 0.6 is 0 Å². The average Bonchev–Trinajstić information content (AvgIpc) is 3.17. The Morgan fingerprint density at radius 2 is 2.22 bits per heavy atom. The zero-order chi connectivity index (χ0) is 16.4. The quantitative estimate of drug-likeness (QED) is 0.901. The smallest absolute Gasteiger partial charge is 0.161 e. The first kappa shape index (κ1) is 16.3. The van der Waals surface area contributed by atoms with E-state index in [1.807, 2.05) is 25.1 Å². The maximum Gasteiger partial charge on any atom is 0.161 e. The second-order valence-corrected chi connectivity index (χ2v) is 6.67. The van der Waals surface area contributed by atoms with Gasteiger partial charge in [0.2, 0.25) is 0 Å². The van der Waals surface area contributed by atoms with Crippen LogP contribution in [0.3, 0.4) is 0 Å². The normalized spacial score (nSPS) is 30.4. The fraction of sp³-hybridized carbons (Fsp3) is 0.611. The van der Waals surface area contributed by atoms with Crippen LogP contribution in [0.2, 0.25) is 0 Å². The summed E-state index contributed by atoms with van der Waals surface area (Å²) in [5, 5.41) is 3.35. The predicted molar refractivity (Wildman–Crippen MR) is 87.2 cm³/mol. The predicted octanol–water partition coefficient (Wildman–Crippen LogP) is 2.14. The Morgan fingerprint density at radius 3 is 2.87 bits per heavy atom. The van der Waals surface area contributed by atoms with Crippen molar-refractivity contribution in [2.24, 2.45) is 5.41 Å². The van der Waals surface area contributed by atoms with Gasteiger partial charge in [-0.1, -0.05) is 13.0 Å². The number of hydrogen-bond acceptors (Lipinski definition) is 5. The molecule has 2 aliphatic heterocycles. The first-order valence-electron chi connectivity index (χ1n) is 8.18. The number of Topliss-reactive ketones (excluding diaryl/α,β-unsaturated/α-hetero) is 1. The lowest BCUT2D eigenvalue weighted by molar-refractivity contribution is -0.125. The largest absolute Gasteiger partial charge is 0.493 e. The second kappa shape index (κ2) is 6.49. The molecular weight excluding hydrogens is 294 g/mol. The molecule has 0 bridgehead atoms. The van der Waals surface area contributed by atoms with Crippen molar-refractivity contribution in [2.75, 3.05) is 33.4 Å². The van der Waals surface area contributed by atoms with Gasteiger partial charge in [-0.2, -0.15) is 0 Å². The number of nitrogens with one attached hydrogen (secondary N) is 1. The Kier molecular flexibility index (Phi) is 4.60. The van der Waals surface area contributed by atoms with E-state index >= 15 is 0 Å². The SMILES string of the molecule is COc1ccc(C2CNCC2(C)C(C)=O)cc1OC1CCOC1. The number of rotatable bonds is 5. The zero-order valence-electron chi connectivity index (χ0n) is 14.1. The van der Waals surface area contributed by atoms with Crippen molar-refractivity contribution in [1.82, 2.24) is 5.32 Å². The number of hydrogen-bond donors (Lipinski definition) is 1. The van der Waals surface area contributed by atoms with Gasteiger partial charge in [0.25, 0.3) is 0 Å². The summed E-state index contributed by atoms with van der Waals surface area (Å²) < 4.78 is 16.9. The zero-order valence-corrected chi connectivity index (χ0v) is 14.1.